The van der Waals surface area contributed by atoms with Gasteiger partial charge in [0.15, 0.2) is 0 Å². The van der Waals surface area contributed by atoms with Gasteiger partial charge in [0.1, 0.15) is 24.3 Å². The number of hydroxylamine groups is 2. The van der Waals surface area contributed by atoms with Crippen LogP contribution in [0.5, 0.6) is 0 Å². The summed E-state index contributed by atoms with van der Waals surface area (Å²) in [6.07, 6.45) is -0.361. The largest absolute Gasteiger partial charge is 0.322 e. The third-order valence-electron chi connectivity index (χ3n) is 4.90. The third-order valence-corrected chi connectivity index (χ3v) is 5.19. The topological polar surface area (TPSA) is 79.7 Å². The van der Waals surface area contributed by atoms with Gasteiger partial charge in [-0.1, -0.05) is 11.6 Å². The molecule has 1 atom stereocenters. The van der Waals surface area contributed by atoms with Gasteiger partial charge in [-0.15, -0.1) is 0 Å². The molecule has 0 radical (unpaired) electrons. The van der Waals surface area contributed by atoms with Crippen molar-refractivity contribution in [2.24, 2.45) is 0 Å². The highest BCUT2D eigenvalue weighted by Crippen LogP contribution is 2.27. The highest BCUT2D eigenvalue weighted by Gasteiger charge is 2.35. The van der Waals surface area contributed by atoms with Gasteiger partial charge in [0, 0.05) is 31.3 Å². The molecule has 4 rings (SSSR count). The quantitative estimate of drug-likeness (QED) is 0.802. The first-order chi connectivity index (χ1) is 13.9. The molecule has 0 saturated carbocycles. The van der Waals surface area contributed by atoms with Crippen molar-refractivity contribution >= 4 is 29.2 Å². The van der Waals surface area contributed by atoms with Crippen molar-refractivity contribution in [1.29, 1.82) is 0 Å². The number of benzene rings is 1. The van der Waals surface area contributed by atoms with Crippen molar-refractivity contribution in [3.05, 3.63) is 46.0 Å². The lowest BCUT2D eigenvalue weighted by Crippen LogP contribution is -2.39. The highest BCUT2D eigenvalue weighted by molar-refractivity contribution is 6.31. The van der Waals surface area contributed by atoms with Crippen LogP contribution in [0.4, 0.5) is 19.3 Å². The van der Waals surface area contributed by atoms with E-state index in [4.69, 9.17) is 16.4 Å². The van der Waals surface area contributed by atoms with Crippen molar-refractivity contribution in [3.63, 3.8) is 0 Å². The summed E-state index contributed by atoms with van der Waals surface area (Å²) in [5, 5.41) is 8.02. The smallest absolute Gasteiger partial charge is 0.320 e. The number of nitrogens with zero attached hydrogens (tertiary/aromatic N) is 4. The van der Waals surface area contributed by atoms with Gasteiger partial charge in [0.25, 0.3) is 5.91 Å². The molecule has 8 nitrogen and oxygen atoms in total. The van der Waals surface area contributed by atoms with E-state index in [0.717, 1.165) is 5.06 Å². The van der Waals surface area contributed by atoms with E-state index in [1.54, 1.807) is 0 Å². The van der Waals surface area contributed by atoms with Crippen LogP contribution in [0.3, 0.4) is 0 Å². The van der Waals surface area contributed by atoms with Crippen LogP contribution < -0.4 is 5.32 Å². The van der Waals surface area contributed by atoms with Crippen LogP contribution in [-0.4, -0.2) is 58.1 Å². The van der Waals surface area contributed by atoms with Gasteiger partial charge in [-0.3, -0.25) is 14.3 Å². The lowest BCUT2D eigenvalue weighted by atomic mass is 10.1. The minimum absolute atomic E-state index is 0.0956. The third kappa shape index (κ3) is 3.65. The monoisotopic (exact) mass is 425 g/mol. The van der Waals surface area contributed by atoms with E-state index in [2.05, 4.69) is 10.4 Å². The Labute approximate surface area is 169 Å². The molecule has 1 N–H and O–H groups in total. The van der Waals surface area contributed by atoms with E-state index in [0.29, 0.717) is 35.6 Å². The average molecular weight is 426 g/mol. The molecule has 3 heterocycles. The highest BCUT2D eigenvalue weighted by atomic mass is 35.5. The Bertz CT molecular complexity index is 983. The molecule has 29 heavy (non-hydrogen) atoms. The summed E-state index contributed by atoms with van der Waals surface area (Å²) in [5.74, 6) is -1.02. The summed E-state index contributed by atoms with van der Waals surface area (Å²) in [6, 6.07) is 3.49. The van der Waals surface area contributed by atoms with Crippen molar-refractivity contribution in [2.75, 3.05) is 25.6 Å². The van der Waals surface area contributed by atoms with E-state index in [1.807, 2.05) is 0 Å². The number of alkyl halides is 1. The van der Waals surface area contributed by atoms with Crippen molar-refractivity contribution in [1.82, 2.24) is 19.7 Å². The van der Waals surface area contributed by atoms with Gasteiger partial charge in [0.2, 0.25) is 0 Å². The van der Waals surface area contributed by atoms with Gasteiger partial charge in [0.05, 0.1) is 23.8 Å². The fraction of sp³-hybridized carbons (Fsp3) is 0.389. The van der Waals surface area contributed by atoms with Crippen LogP contribution >= 0.6 is 11.6 Å². The molecule has 3 amide bonds. The van der Waals surface area contributed by atoms with Crippen LogP contribution in [0.15, 0.2) is 18.2 Å². The Balaban J connectivity index is 1.57. The first kappa shape index (κ1) is 19.6. The molecule has 2 aliphatic heterocycles. The molecule has 0 unspecified atom stereocenters. The molecular weight excluding hydrogens is 408 g/mol. The van der Waals surface area contributed by atoms with Crippen molar-refractivity contribution < 1.29 is 23.2 Å². The van der Waals surface area contributed by atoms with Crippen LogP contribution in [0, 0.1) is 5.82 Å². The number of amides is 3. The fourth-order valence-corrected chi connectivity index (χ4v) is 3.65. The minimum Gasteiger partial charge on any atom is -0.320 e. The van der Waals surface area contributed by atoms with Crippen LogP contribution in [0.25, 0.3) is 0 Å². The van der Waals surface area contributed by atoms with E-state index in [-0.39, 0.29) is 18.1 Å². The molecule has 0 spiro atoms. The lowest BCUT2D eigenvalue weighted by molar-refractivity contribution is -0.152. The van der Waals surface area contributed by atoms with Crippen LogP contribution in [-0.2, 0) is 24.3 Å². The van der Waals surface area contributed by atoms with Gasteiger partial charge in [-0.05, 0) is 18.2 Å². The summed E-state index contributed by atoms with van der Waals surface area (Å²) in [4.78, 5) is 32.2. The summed E-state index contributed by atoms with van der Waals surface area (Å²) in [6.45, 7) is -0.103. The summed E-state index contributed by atoms with van der Waals surface area (Å²) >= 11 is 5.75. The molecule has 0 bridgehead atoms. The fourth-order valence-electron chi connectivity index (χ4n) is 3.47. The van der Waals surface area contributed by atoms with Crippen molar-refractivity contribution in [3.8, 4) is 0 Å². The van der Waals surface area contributed by atoms with E-state index >= 15 is 0 Å². The molecule has 154 valence electrons. The average Bonchev–Trinajstić information content (AvgIpc) is 3.00. The standard InChI is InChI=1S/C18H18ClF2N5O3/c1-24-17(27)16-12-9-25(18(28)22-10-2-3-14(21)13(19)6-10)5-4-15(12)23-26(16)8-11(7-20)29-24/h2-3,6,11H,4-5,7-9H2,1H3,(H,22,28)/t11-/m1/s1. The zero-order valence-electron chi connectivity index (χ0n) is 15.5. The van der Waals surface area contributed by atoms with Crippen molar-refractivity contribution in [2.45, 2.75) is 25.6 Å². The SMILES string of the molecule is CN1O[C@H](CF)Cn2nc3c(c2C1=O)CN(C(=O)Nc1ccc(F)c(Cl)c1)CC3. The summed E-state index contributed by atoms with van der Waals surface area (Å²) < 4.78 is 27.9. The number of carbonyl (C=O) groups excluding carboxylic acids is 2. The van der Waals surface area contributed by atoms with Gasteiger partial charge in [-0.25, -0.2) is 18.6 Å². The molecule has 2 aromatic rings. The Morgan fingerprint density at radius 1 is 1.45 bits per heavy atom. The van der Waals surface area contributed by atoms with Crippen LogP contribution in [0.1, 0.15) is 21.7 Å². The van der Waals surface area contributed by atoms with Gasteiger partial charge >= 0.3 is 6.03 Å². The molecule has 0 saturated heterocycles. The summed E-state index contributed by atoms with van der Waals surface area (Å²) in [5.41, 5.74) is 1.97. The van der Waals surface area contributed by atoms with Crippen LogP contribution in [0.2, 0.25) is 5.02 Å². The predicted octanol–water partition coefficient (Wildman–Crippen LogP) is 2.62. The number of urea groups is 1. The molecule has 0 fully saturated rings. The molecule has 0 aliphatic carbocycles. The molecule has 2 aliphatic rings. The number of hydrogen-bond acceptors (Lipinski definition) is 4. The maximum absolute atomic E-state index is 13.3. The first-order valence-corrected chi connectivity index (χ1v) is 9.35. The lowest BCUT2D eigenvalue weighted by Gasteiger charge is -2.27. The Kier molecular flexibility index (Phi) is 5.13. The number of nitrogens with one attached hydrogen (secondary N) is 1. The first-order valence-electron chi connectivity index (χ1n) is 8.97. The minimum atomic E-state index is -0.811. The molecular formula is C18H18ClF2N5O3. The normalized spacial score (nSPS) is 18.9. The second kappa shape index (κ2) is 7.60. The molecule has 11 heteroatoms. The number of halogens is 3. The number of fused-ring (bicyclic) bond motifs is 3. The molecule has 1 aromatic carbocycles. The van der Waals surface area contributed by atoms with E-state index in [1.165, 1.54) is 34.8 Å². The molecule has 1 aromatic heterocycles. The number of rotatable bonds is 2. The van der Waals surface area contributed by atoms with E-state index in [9.17, 15) is 18.4 Å². The number of anilines is 1. The summed E-state index contributed by atoms with van der Waals surface area (Å²) in [7, 11) is 1.42. The van der Waals surface area contributed by atoms with Gasteiger partial charge < -0.3 is 10.2 Å². The maximum Gasteiger partial charge on any atom is 0.322 e. The number of hydrogen-bond donors (Lipinski definition) is 1. The second-order valence-electron chi connectivity index (χ2n) is 6.87. The maximum atomic E-state index is 13.3. The zero-order valence-corrected chi connectivity index (χ0v) is 16.2. The van der Waals surface area contributed by atoms with E-state index < -0.39 is 30.5 Å². The number of carbonyl (C=O) groups is 2. The Hall–Kier alpha value is -2.72. The Morgan fingerprint density at radius 2 is 2.24 bits per heavy atom. The van der Waals surface area contributed by atoms with Gasteiger partial charge in [-0.2, -0.15) is 5.10 Å². The Morgan fingerprint density at radius 3 is 2.97 bits per heavy atom. The zero-order chi connectivity index (χ0) is 20.7. The predicted molar refractivity (Wildman–Crippen MR) is 99.7 cm³/mol. The number of aromatic nitrogens is 2. The second-order valence-corrected chi connectivity index (χ2v) is 7.28.